The van der Waals surface area contributed by atoms with Crippen molar-refractivity contribution >= 4 is 46.1 Å². The Bertz CT molecular complexity index is 835. The van der Waals surface area contributed by atoms with Crippen LogP contribution in [-0.4, -0.2) is 33.7 Å². The number of aromatic amines is 1. The van der Waals surface area contributed by atoms with E-state index in [1.807, 2.05) is 18.2 Å². The molecule has 3 rings (SSSR count). The number of hydrogen-bond donors (Lipinski definition) is 2. The molecule has 0 saturated heterocycles. The molecule has 0 bridgehead atoms. The minimum Gasteiger partial charge on any atom is -0.497 e. The summed E-state index contributed by atoms with van der Waals surface area (Å²) < 4.78 is 5.17. The van der Waals surface area contributed by atoms with Crippen LogP contribution in [0.4, 0.5) is 5.82 Å². The molecule has 23 heavy (non-hydrogen) atoms. The largest absolute Gasteiger partial charge is 0.497 e. The van der Waals surface area contributed by atoms with Gasteiger partial charge in [0.1, 0.15) is 11.6 Å². The number of carbonyl (C=O) groups excluding carboxylic acids is 1. The molecule has 8 heteroatoms. The molecule has 0 aliphatic rings. The Labute approximate surface area is 141 Å². The minimum atomic E-state index is -0.164. The molecule has 0 aliphatic carbocycles. The molecule has 2 aromatic heterocycles. The van der Waals surface area contributed by atoms with E-state index < -0.39 is 0 Å². The second-order valence-corrected chi connectivity index (χ2v) is 6.02. The number of hydrogen-bond acceptors (Lipinski definition) is 5. The van der Waals surface area contributed by atoms with Crippen molar-refractivity contribution in [1.82, 2.24) is 15.0 Å². The van der Waals surface area contributed by atoms with Crippen molar-refractivity contribution in [3.8, 4) is 5.75 Å². The number of anilines is 1. The summed E-state index contributed by atoms with van der Waals surface area (Å²) in [7, 11) is 1.61. The molecule has 0 fully saturated rings. The monoisotopic (exact) mass is 348 g/mol. The topological polar surface area (TPSA) is 79.9 Å². The van der Waals surface area contributed by atoms with E-state index in [2.05, 4.69) is 20.3 Å². The van der Waals surface area contributed by atoms with Crippen LogP contribution in [0, 0.1) is 0 Å². The number of carbonyl (C=O) groups is 1. The number of methoxy groups -OCH3 is 1. The standard InChI is InChI=1S/C15H13ClN4O2S/c1-22-10-3-4-11-12(6-10)19-15(18-11)23-8-14(21)20-13-5-2-9(16)7-17-13/h2-7H,8H2,1H3,(H,18,19)(H,17,20,21). The van der Waals surface area contributed by atoms with Gasteiger partial charge in [-0.1, -0.05) is 23.4 Å². The van der Waals surface area contributed by atoms with Crippen molar-refractivity contribution in [2.24, 2.45) is 0 Å². The number of thioether (sulfide) groups is 1. The number of ether oxygens (including phenoxy) is 1. The Hall–Kier alpha value is -2.25. The molecule has 6 nitrogen and oxygen atoms in total. The van der Waals surface area contributed by atoms with Crippen LogP contribution in [0.5, 0.6) is 5.75 Å². The summed E-state index contributed by atoms with van der Waals surface area (Å²) in [4.78, 5) is 23.5. The fraction of sp³-hybridized carbons (Fsp3) is 0.133. The predicted octanol–water partition coefficient (Wildman–Crippen LogP) is 3.35. The van der Waals surface area contributed by atoms with Crippen LogP contribution in [0.3, 0.4) is 0 Å². The normalized spacial score (nSPS) is 10.7. The highest BCUT2D eigenvalue weighted by Gasteiger charge is 2.08. The summed E-state index contributed by atoms with van der Waals surface area (Å²) in [6.07, 6.45) is 1.48. The third-order valence-electron chi connectivity index (χ3n) is 3.00. The van der Waals surface area contributed by atoms with Crippen LogP contribution in [0.1, 0.15) is 0 Å². The van der Waals surface area contributed by atoms with Gasteiger partial charge in [0, 0.05) is 12.3 Å². The van der Waals surface area contributed by atoms with Crippen molar-refractivity contribution in [2.75, 3.05) is 18.2 Å². The Kier molecular flexibility index (Phi) is 4.68. The lowest BCUT2D eigenvalue weighted by molar-refractivity contribution is -0.113. The first-order chi connectivity index (χ1) is 11.1. The van der Waals surface area contributed by atoms with Gasteiger partial charge in [-0.15, -0.1) is 0 Å². The van der Waals surface area contributed by atoms with Crippen LogP contribution < -0.4 is 10.1 Å². The second-order valence-electron chi connectivity index (χ2n) is 4.62. The lowest BCUT2D eigenvalue weighted by Crippen LogP contribution is -2.14. The maximum absolute atomic E-state index is 11.9. The number of nitrogens with one attached hydrogen (secondary N) is 2. The minimum absolute atomic E-state index is 0.164. The molecule has 118 valence electrons. The molecule has 0 aliphatic heterocycles. The number of pyridine rings is 1. The summed E-state index contributed by atoms with van der Waals surface area (Å²) in [5.74, 6) is 1.28. The number of rotatable bonds is 5. The fourth-order valence-electron chi connectivity index (χ4n) is 1.92. The summed E-state index contributed by atoms with van der Waals surface area (Å²) in [6, 6.07) is 8.90. The summed E-state index contributed by atoms with van der Waals surface area (Å²) >= 11 is 7.07. The maximum Gasteiger partial charge on any atom is 0.236 e. The summed E-state index contributed by atoms with van der Waals surface area (Å²) in [6.45, 7) is 0. The van der Waals surface area contributed by atoms with Crippen LogP contribution in [0.25, 0.3) is 11.0 Å². The summed E-state index contributed by atoms with van der Waals surface area (Å²) in [5, 5.41) is 3.90. The summed E-state index contributed by atoms with van der Waals surface area (Å²) in [5.41, 5.74) is 1.69. The molecule has 0 spiro atoms. The second kappa shape index (κ2) is 6.89. The number of imidazole rings is 1. The van der Waals surface area contributed by atoms with Gasteiger partial charge in [0.05, 0.1) is 28.9 Å². The first-order valence-electron chi connectivity index (χ1n) is 6.72. The van der Waals surface area contributed by atoms with Crippen molar-refractivity contribution < 1.29 is 9.53 Å². The smallest absolute Gasteiger partial charge is 0.236 e. The molecule has 2 N–H and O–H groups in total. The van der Waals surface area contributed by atoms with E-state index in [0.717, 1.165) is 16.8 Å². The van der Waals surface area contributed by atoms with Gasteiger partial charge in [-0.3, -0.25) is 4.79 Å². The third kappa shape index (κ3) is 3.94. The molecule has 1 aromatic carbocycles. The van der Waals surface area contributed by atoms with Gasteiger partial charge >= 0.3 is 0 Å². The molecule has 0 atom stereocenters. The van der Waals surface area contributed by atoms with Crippen molar-refractivity contribution in [3.05, 3.63) is 41.6 Å². The third-order valence-corrected chi connectivity index (χ3v) is 4.10. The molecule has 3 aromatic rings. The molecule has 1 amide bonds. The zero-order chi connectivity index (χ0) is 16.2. The van der Waals surface area contributed by atoms with Crippen molar-refractivity contribution in [2.45, 2.75) is 5.16 Å². The van der Waals surface area contributed by atoms with Crippen LogP contribution in [0.2, 0.25) is 5.02 Å². The number of nitrogens with zero attached hydrogens (tertiary/aromatic N) is 2. The van der Waals surface area contributed by atoms with Crippen LogP contribution in [-0.2, 0) is 4.79 Å². The molecule has 0 saturated carbocycles. The zero-order valence-electron chi connectivity index (χ0n) is 12.2. The SMILES string of the molecule is COc1ccc2nc(SCC(=O)Nc3ccc(Cl)cn3)[nH]c2c1. The van der Waals surface area contributed by atoms with Gasteiger partial charge in [-0.2, -0.15) is 0 Å². The number of amides is 1. The van der Waals surface area contributed by atoms with E-state index in [0.29, 0.717) is 16.0 Å². The predicted molar refractivity (Wildman–Crippen MR) is 91.2 cm³/mol. The van der Waals surface area contributed by atoms with E-state index in [9.17, 15) is 4.79 Å². The van der Waals surface area contributed by atoms with Gasteiger partial charge in [-0.05, 0) is 24.3 Å². The number of H-pyrrole nitrogens is 1. The highest BCUT2D eigenvalue weighted by atomic mass is 35.5. The van der Waals surface area contributed by atoms with E-state index in [4.69, 9.17) is 16.3 Å². The lowest BCUT2D eigenvalue weighted by Gasteiger charge is -2.02. The molecular formula is C15H13ClN4O2S. The van der Waals surface area contributed by atoms with E-state index in [-0.39, 0.29) is 11.7 Å². The van der Waals surface area contributed by atoms with Gasteiger partial charge in [0.2, 0.25) is 5.91 Å². The van der Waals surface area contributed by atoms with E-state index >= 15 is 0 Å². The van der Waals surface area contributed by atoms with Gasteiger partial charge < -0.3 is 15.0 Å². The fourth-order valence-corrected chi connectivity index (χ4v) is 2.72. The van der Waals surface area contributed by atoms with Gasteiger partial charge in [-0.25, -0.2) is 9.97 Å². The van der Waals surface area contributed by atoms with E-state index in [1.54, 1.807) is 19.2 Å². The lowest BCUT2D eigenvalue weighted by atomic mass is 10.3. The van der Waals surface area contributed by atoms with Gasteiger partial charge in [0.15, 0.2) is 5.16 Å². The first kappa shape index (κ1) is 15.6. The molecule has 0 radical (unpaired) electrons. The Balaban J connectivity index is 1.61. The average molecular weight is 349 g/mol. The van der Waals surface area contributed by atoms with Gasteiger partial charge in [0.25, 0.3) is 0 Å². The highest BCUT2D eigenvalue weighted by molar-refractivity contribution is 7.99. The number of benzene rings is 1. The Morgan fingerprint density at radius 1 is 1.39 bits per heavy atom. The number of halogens is 1. The molecule has 0 unspecified atom stereocenters. The van der Waals surface area contributed by atoms with Crippen molar-refractivity contribution in [1.29, 1.82) is 0 Å². The zero-order valence-corrected chi connectivity index (χ0v) is 13.7. The molecular weight excluding hydrogens is 336 g/mol. The van der Waals surface area contributed by atoms with Crippen molar-refractivity contribution in [3.63, 3.8) is 0 Å². The number of aromatic nitrogens is 3. The van der Waals surface area contributed by atoms with Crippen LogP contribution >= 0.6 is 23.4 Å². The highest BCUT2D eigenvalue weighted by Crippen LogP contribution is 2.23. The van der Waals surface area contributed by atoms with E-state index in [1.165, 1.54) is 18.0 Å². The number of fused-ring (bicyclic) bond motifs is 1. The molecule has 2 heterocycles. The average Bonchev–Trinajstić information content (AvgIpc) is 2.97. The Morgan fingerprint density at radius 3 is 3.00 bits per heavy atom. The first-order valence-corrected chi connectivity index (χ1v) is 8.08. The quantitative estimate of drug-likeness (QED) is 0.691. The Morgan fingerprint density at radius 2 is 2.26 bits per heavy atom. The van der Waals surface area contributed by atoms with Crippen LogP contribution in [0.15, 0.2) is 41.7 Å². The maximum atomic E-state index is 11.9.